The van der Waals surface area contributed by atoms with Crippen molar-refractivity contribution in [1.82, 2.24) is 14.9 Å². The second-order valence-electron chi connectivity index (χ2n) is 6.30. The Balaban J connectivity index is 2.48. The van der Waals surface area contributed by atoms with Crippen LogP contribution in [-0.4, -0.2) is 41.0 Å². The Hall–Kier alpha value is -1.36. The van der Waals surface area contributed by atoms with Gasteiger partial charge in [-0.05, 0) is 47.2 Å². The molecule has 0 aliphatic carbocycles. The molecular weight excluding hydrogens is 262 g/mol. The lowest BCUT2D eigenvalue weighted by Gasteiger charge is -2.20. The van der Waals surface area contributed by atoms with Crippen molar-refractivity contribution in [2.24, 2.45) is 0 Å². The van der Waals surface area contributed by atoms with Crippen molar-refractivity contribution < 1.29 is 0 Å². The lowest BCUT2D eigenvalue weighted by Crippen LogP contribution is -2.27. The van der Waals surface area contributed by atoms with E-state index < -0.39 is 0 Å². The number of nitrogens with zero attached hydrogens (tertiary/aromatic N) is 3. The molecule has 0 saturated carbocycles. The molecular formula is C16H31N5. The van der Waals surface area contributed by atoms with E-state index in [4.69, 9.17) is 5.73 Å². The van der Waals surface area contributed by atoms with Crippen LogP contribution < -0.4 is 11.1 Å². The summed E-state index contributed by atoms with van der Waals surface area (Å²) in [6.45, 7) is 12.6. The third-order valence-corrected chi connectivity index (χ3v) is 3.83. The molecule has 0 bridgehead atoms. The largest absolute Gasteiger partial charge is 0.383 e. The summed E-state index contributed by atoms with van der Waals surface area (Å²) in [5.74, 6) is 2.55. The molecule has 21 heavy (non-hydrogen) atoms. The first-order valence-electron chi connectivity index (χ1n) is 7.91. The Morgan fingerprint density at radius 2 is 1.81 bits per heavy atom. The van der Waals surface area contributed by atoms with Crippen LogP contribution in [0, 0.1) is 6.92 Å². The normalized spacial score (nSPS) is 11.7. The highest BCUT2D eigenvalue weighted by Crippen LogP contribution is 2.20. The first-order chi connectivity index (χ1) is 9.82. The van der Waals surface area contributed by atoms with Crippen LogP contribution in [0.2, 0.25) is 0 Å². The topological polar surface area (TPSA) is 67.1 Å². The minimum absolute atomic E-state index is 0.285. The Kier molecular flexibility index (Phi) is 6.89. The first kappa shape index (κ1) is 17.7. The molecule has 120 valence electrons. The van der Waals surface area contributed by atoms with Crippen molar-refractivity contribution >= 4 is 11.6 Å². The number of nitrogens with two attached hydrogens (primary N) is 1. The van der Waals surface area contributed by atoms with Crippen LogP contribution in [-0.2, 0) is 0 Å². The van der Waals surface area contributed by atoms with E-state index in [1.807, 2.05) is 6.92 Å². The van der Waals surface area contributed by atoms with Crippen LogP contribution in [0.3, 0.4) is 0 Å². The molecule has 0 fully saturated rings. The second kappa shape index (κ2) is 8.17. The predicted molar refractivity (Wildman–Crippen MR) is 90.8 cm³/mol. The molecule has 1 aromatic heterocycles. The highest BCUT2D eigenvalue weighted by molar-refractivity contribution is 5.54. The molecule has 0 aliphatic heterocycles. The maximum Gasteiger partial charge on any atom is 0.135 e. The van der Waals surface area contributed by atoms with Crippen molar-refractivity contribution in [2.75, 3.05) is 31.2 Å². The zero-order valence-electron chi connectivity index (χ0n) is 14.4. The number of rotatable bonds is 8. The van der Waals surface area contributed by atoms with Crippen LogP contribution >= 0.6 is 0 Å². The van der Waals surface area contributed by atoms with Gasteiger partial charge in [0.2, 0.25) is 0 Å². The van der Waals surface area contributed by atoms with Gasteiger partial charge >= 0.3 is 0 Å². The van der Waals surface area contributed by atoms with Crippen LogP contribution in [0.25, 0.3) is 0 Å². The summed E-state index contributed by atoms with van der Waals surface area (Å²) >= 11 is 0. The zero-order chi connectivity index (χ0) is 16.0. The van der Waals surface area contributed by atoms with E-state index >= 15 is 0 Å². The molecule has 0 aromatic carbocycles. The molecule has 1 rings (SSSR count). The average molecular weight is 293 g/mol. The van der Waals surface area contributed by atoms with Gasteiger partial charge in [0, 0.05) is 24.1 Å². The summed E-state index contributed by atoms with van der Waals surface area (Å²) in [5, 5.41) is 3.40. The van der Waals surface area contributed by atoms with E-state index in [9.17, 15) is 0 Å². The Labute approximate surface area is 129 Å². The molecule has 3 N–H and O–H groups in total. The van der Waals surface area contributed by atoms with E-state index in [2.05, 4.69) is 54.9 Å². The highest BCUT2D eigenvalue weighted by atomic mass is 15.1. The van der Waals surface area contributed by atoms with Gasteiger partial charge in [-0.1, -0.05) is 13.8 Å². The molecule has 0 aliphatic rings. The average Bonchev–Trinajstić information content (AvgIpc) is 2.41. The van der Waals surface area contributed by atoms with E-state index in [1.54, 1.807) is 0 Å². The predicted octanol–water partition coefficient (Wildman–Crippen LogP) is 3.02. The van der Waals surface area contributed by atoms with Crippen LogP contribution in [0.5, 0.6) is 0 Å². The van der Waals surface area contributed by atoms with Crippen molar-refractivity contribution in [3.05, 3.63) is 11.4 Å². The van der Waals surface area contributed by atoms with Crippen molar-refractivity contribution in [3.8, 4) is 0 Å². The van der Waals surface area contributed by atoms with Crippen molar-refractivity contribution in [3.63, 3.8) is 0 Å². The van der Waals surface area contributed by atoms with Gasteiger partial charge < -0.3 is 16.0 Å². The third kappa shape index (κ3) is 5.50. The molecule has 0 saturated heterocycles. The zero-order valence-corrected chi connectivity index (χ0v) is 14.4. The number of anilines is 2. The summed E-state index contributed by atoms with van der Waals surface area (Å²) in [6.07, 6.45) is 2.30. The van der Waals surface area contributed by atoms with Gasteiger partial charge in [-0.25, -0.2) is 9.97 Å². The molecule has 5 heteroatoms. The quantitative estimate of drug-likeness (QED) is 0.721. The summed E-state index contributed by atoms with van der Waals surface area (Å²) in [6, 6.07) is 0.607. The fourth-order valence-electron chi connectivity index (χ4n) is 1.93. The van der Waals surface area contributed by atoms with Gasteiger partial charge in [-0.2, -0.15) is 0 Å². The maximum absolute atomic E-state index is 5.96. The van der Waals surface area contributed by atoms with Crippen molar-refractivity contribution in [1.29, 1.82) is 0 Å². The van der Waals surface area contributed by atoms with Gasteiger partial charge in [0.1, 0.15) is 17.5 Å². The summed E-state index contributed by atoms with van der Waals surface area (Å²) in [4.78, 5) is 11.3. The smallest absolute Gasteiger partial charge is 0.135 e. The monoisotopic (exact) mass is 293 g/mol. The van der Waals surface area contributed by atoms with E-state index in [0.717, 1.165) is 36.7 Å². The fourth-order valence-corrected chi connectivity index (χ4v) is 1.93. The number of hydrogen-bond acceptors (Lipinski definition) is 5. The number of aromatic nitrogens is 2. The molecule has 0 atom stereocenters. The van der Waals surface area contributed by atoms with E-state index in [-0.39, 0.29) is 5.92 Å². The first-order valence-corrected chi connectivity index (χ1v) is 7.91. The lowest BCUT2D eigenvalue weighted by molar-refractivity contribution is 0.269. The minimum Gasteiger partial charge on any atom is -0.383 e. The molecule has 0 amide bonds. The summed E-state index contributed by atoms with van der Waals surface area (Å²) in [5.41, 5.74) is 6.91. The number of nitrogens with one attached hydrogen (secondary N) is 1. The Bertz CT molecular complexity index is 443. The van der Waals surface area contributed by atoms with Gasteiger partial charge in [0.15, 0.2) is 0 Å². The molecule has 5 nitrogen and oxygen atoms in total. The van der Waals surface area contributed by atoms with Gasteiger partial charge in [-0.15, -0.1) is 0 Å². The minimum atomic E-state index is 0.285. The number of hydrogen-bond donors (Lipinski definition) is 2. The van der Waals surface area contributed by atoms with E-state index in [1.165, 1.54) is 6.42 Å². The molecule has 1 heterocycles. The molecule has 0 radical (unpaired) electrons. The fraction of sp³-hybridized carbons (Fsp3) is 0.750. The standard InChI is InChI=1S/C16H31N5/c1-11(2)15-19-14(17)13(5)16(20-15)18-9-7-8-10-21(6)12(3)4/h11-12H,7-10H2,1-6H3,(H3,17,18,19,20). The number of unbranched alkanes of at least 4 members (excludes halogenated alkanes) is 1. The van der Waals surface area contributed by atoms with Crippen LogP contribution in [0.1, 0.15) is 57.8 Å². The molecule has 1 aromatic rings. The van der Waals surface area contributed by atoms with Crippen molar-refractivity contribution in [2.45, 2.75) is 59.4 Å². The van der Waals surface area contributed by atoms with Gasteiger partial charge in [0.25, 0.3) is 0 Å². The SMILES string of the molecule is Cc1c(N)nc(C(C)C)nc1NCCCCN(C)C(C)C. The van der Waals surface area contributed by atoms with Crippen LogP contribution in [0.15, 0.2) is 0 Å². The Morgan fingerprint density at radius 3 is 2.38 bits per heavy atom. The van der Waals surface area contributed by atoms with E-state index in [0.29, 0.717) is 11.9 Å². The second-order valence-corrected chi connectivity index (χ2v) is 6.30. The van der Waals surface area contributed by atoms with Gasteiger partial charge in [0.05, 0.1) is 0 Å². The lowest BCUT2D eigenvalue weighted by atomic mass is 10.2. The van der Waals surface area contributed by atoms with Crippen LogP contribution in [0.4, 0.5) is 11.6 Å². The summed E-state index contributed by atoms with van der Waals surface area (Å²) in [7, 11) is 2.17. The molecule has 0 spiro atoms. The highest BCUT2D eigenvalue weighted by Gasteiger charge is 2.10. The summed E-state index contributed by atoms with van der Waals surface area (Å²) < 4.78 is 0. The Morgan fingerprint density at radius 1 is 1.14 bits per heavy atom. The number of nitrogen functional groups attached to an aromatic ring is 1. The van der Waals surface area contributed by atoms with Gasteiger partial charge in [-0.3, -0.25) is 0 Å². The third-order valence-electron chi connectivity index (χ3n) is 3.83. The maximum atomic E-state index is 5.96. The molecule has 0 unspecified atom stereocenters.